The molecule has 1 atom stereocenters. The van der Waals surface area contributed by atoms with Crippen molar-refractivity contribution in [3.8, 4) is 0 Å². The summed E-state index contributed by atoms with van der Waals surface area (Å²) >= 11 is 9.27. The molecule has 4 nitrogen and oxygen atoms in total. The largest absolute Gasteiger partial charge is 0.444 e. The third-order valence-electron chi connectivity index (χ3n) is 2.22. The van der Waals surface area contributed by atoms with Crippen LogP contribution in [-0.4, -0.2) is 23.4 Å². The number of alkyl carbamates (subject to hydrolysis) is 1. The minimum atomic E-state index is -0.582. The molecule has 1 rings (SSSR count). The number of benzene rings is 1. The van der Waals surface area contributed by atoms with Gasteiger partial charge in [-0.25, -0.2) is 4.79 Å². The Morgan fingerprint density at radius 3 is 2.63 bits per heavy atom. The summed E-state index contributed by atoms with van der Waals surface area (Å²) in [6.07, 6.45) is -0.578. The Morgan fingerprint density at radius 1 is 1.53 bits per heavy atom. The molecule has 1 aromatic rings. The number of hydrogen-bond donors (Lipinski definition) is 2. The van der Waals surface area contributed by atoms with Crippen LogP contribution in [0.2, 0.25) is 5.02 Å². The molecule has 1 amide bonds. The summed E-state index contributed by atoms with van der Waals surface area (Å²) in [6, 6.07) is 4.66. The standard InChI is InChI=1S/C13H17BrClNO3/c1-13(2,3)19-12(18)16-11(7-17)8-4-5-9(14)10(15)6-8/h4-6,11,17H,7H2,1-3H3,(H,16,18). The van der Waals surface area contributed by atoms with E-state index >= 15 is 0 Å². The van der Waals surface area contributed by atoms with Crippen LogP contribution in [0.15, 0.2) is 22.7 Å². The lowest BCUT2D eigenvalue weighted by Crippen LogP contribution is -2.36. The molecule has 1 aromatic carbocycles. The van der Waals surface area contributed by atoms with Gasteiger partial charge >= 0.3 is 6.09 Å². The molecule has 0 radical (unpaired) electrons. The molecule has 1 unspecified atom stereocenters. The minimum absolute atomic E-state index is 0.239. The second-order valence-corrected chi connectivity index (χ2v) is 6.32. The zero-order valence-corrected chi connectivity index (χ0v) is 13.4. The molecule has 0 aliphatic carbocycles. The van der Waals surface area contributed by atoms with E-state index in [2.05, 4.69) is 21.2 Å². The maximum absolute atomic E-state index is 11.7. The van der Waals surface area contributed by atoms with Crippen LogP contribution >= 0.6 is 27.5 Å². The van der Waals surface area contributed by atoms with Crippen LogP contribution < -0.4 is 5.32 Å². The highest BCUT2D eigenvalue weighted by Gasteiger charge is 2.20. The summed E-state index contributed by atoms with van der Waals surface area (Å²) in [5, 5.41) is 12.5. The second kappa shape index (κ2) is 6.59. The maximum Gasteiger partial charge on any atom is 0.408 e. The van der Waals surface area contributed by atoms with Gasteiger partial charge in [-0.3, -0.25) is 0 Å². The molecular weight excluding hydrogens is 334 g/mol. The summed E-state index contributed by atoms with van der Waals surface area (Å²) in [5.74, 6) is 0. The number of carbonyl (C=O) groups excluding carboxylic acids is 1. The van der Waals surface area contributed by atoms with Crippen molar-refractivity contribution in [3.05, 3.63) is 33.3 Å². The van der Waals surface area contributed by atoms with Crippen LogP contribution in [0.3, 0.4) is 0 Å². The van der Waals surface area contributed by atoms with Crippen molar-refractivity contribution in [3.63, 3.8) is 0 Å². The molecule has 0 saturated carbocycles. The van der Waals surface area contributed by atoms with Gasteiger partial charge in [0.15, 0.2) is 0 Å². The molecule has 0 fully saturated rings. The highest BCUT2D eigenvalue weighted by atomic mass is 79.9. The SMILES string of the molecule is CC(C)(C)OC(=O)NC(CO)c1ccc(Br)c(Cl)c1. The van der Waals surface area contributed by atoms with E-state index in [1.165, 1.54) is 0 Å². The van der Waals surface area contributed by atoms with Gasteiger partial charge in [-0.05, 0) is 54.4 Å². The van der Waals surface area contributed by atoms with Crippen LogP contribution in [0.25, 0.3) is 0 Å². The number of carbonyl (C=O) groups is 1. The van der Waals surface area contributed by atoms with Gasteiger partial charge in [0.25, 0.3) is 0 Å². The Labute approximate surface area is 126 Å². The lowest BCUT2D eigenvalue weighted by molar-refractivity contribution is 0.0482. The molecule has 0 aliphatic heterocycles. The minimum Gasteiger partial charge on any atom is -0.444 e. The van der Waals surface area contributed by atoms with Crippen molar-refractivity contribution in [1.29, 1.82) is 0 Å². The van der Waals surface area contributed by atoms with Gasteiger partial charge < -0.3 is 15.2 Å². The maximum atomic E-state index is 11.7. The topological polar surface area (TPSA) is 58.6 Å². The first-order chi connectivity index (χ1) is 8.73. The predicted molar refractivity (Wildman–Crippen MR) is 78.3 cm³/mol. The molecular formula is C13H17BrClNO3. The highest BCUT2D eigenvalue weighted by Crippen LogP contribution is 2.26. The molecule has 106 valence electrons. The van der Waals surface area contributed by atoms with Gasteiger partial charge in [0, 0.05) is 4.47 Å². The molecule has 19 heavy (non-hydrogen) atoms. The van der Waals surface area contributed by atoms with E-state index in [1.807, 2.05) is 0 Å². The first-order valence-electron chi connectivity index (χ1n) is 5.78. The number of rotatable bonds is 3. The fourth-order valence-electron chi connectivity index (χ4n) is 1.41. The summed E-state index contributed by atoms with van der Waals surface area (Å²) in [6.45, 7) is 5.09. The van der Waals surface area contributed by atoms with Gasteiger partial charge in [-0.1, -0.05) is 17.7 Å². The summed E-state index contributed by atoms with van der Waals surface area (Å²) in [5.41, 5.74) is 0.128. The fourth-order valence-corrected chi connectivity index (χ4v) is 1.85. The molecule has 0 spiro atoms. The van der Waals surface area contributed by atoms with E-state index in [4.69, 9.17) is 16.3 Å². The first-order valence-corrected chi connectivity index (χ1v) is 6.95. The third kappa shape index (κ3) is 5.38. The Kier molecular flexibility index (Phi) is 5.64. The number of nitrogens with one attached hydrogen (secondary N) is 1. The normalized spacial score (nSPS) is 12.9. The molecule has 6 heteroatoms. The van der Waals surface area contributed by atoms with Crippen molar-refractivity contribution in [2.45, 2.75) is 32.4 Å². The lowest BCUT2D eigenvalue weighted by atomic mass is 10.1. The van der Waals surface area contributed by atoms with Crippen molar-refractivity contribution in [2.24, 2.45) is 0 Å². The van der Waals surface area contributed by atoms with Gasteiger partial charge in [0.2, 0.25) is 0 Å². The van der Waals surface area contributed by atoms with Crippen molar-refractivity contribution in [1.82, 2.24) is 5.32 Å². The molecule has 0 aliphatic rings. The van der Waals surface area contributed by atoms with Crippen LogP contribution in [0.5, 0.6) is 0 Å². The monoisotopic (exact) mass is 349 g/mol. The number of ether oxygens (including phenoxy) is 1. The van der Waals surface area contributed by atoms with Gasteiger partial charge in [-0.2, -0.15) is 0 Å². The van der Waals surface area contributed by atoms with Gasteiger partial charge in [0.1, 0.15) is 5.60 Å². The van der Waals surface area contributed by atoms with Gasteiger partial charge in [-0.15, -0.1) is 0 Å². The first kappa shape index (κ1) is 16.3. The van der Waals surface area contributed by atoms with Gasteiger partial charge in [0.05, 0.1) is 17.7 Å². The Hall–Kier alpha value is -0.780. The molecule has 0 heterocycles. The number of amides is 1. The van der Waals surface area contributed by atoms with Crippen molar-refractivity contribution >= 4 is 33.6 Å². The lowest BCUT2D eigenvalue weighted by Gasteiger charge is -2.23. The Balaban J connectivity index is 2.78. The second-order valence-electron chi connectivity index (χ2n) is 5.05. The van der Waals surface area contributed by atoms with Crippen molar-refractivity contribution in [2.75, 3.05) is 6.61 Å². The quantitative estimate of drug-likeness (QED) is 0.874. The summed E-state index contributed by atoms with van der Waals surface area (Å²) < 4.78 is 5.90. The zero-order chi connectivity index (χ0) is 14.6. The van der Waals surface area contributed by atoms with Crippen LogP contribution in [-0.2, 0) is 4.74 Å². The van der Waals surface area contributed by atoms with Crippen LogP contribution in [0.1, 0.15) is 32.4 Å². The predicted octanol–water partition coefficient (Wildman–Crippen LogP) is 3.66. The van der Waals surface area contributed by atoms with E-state index < -0.39 is 17.7 Å². The molecule has 0 bridgehead atoms. The third-order valence-corrected chi connectivity index (χ3v) is 3.45. The van der Waals surface area contributed by atoms with E-state index in [9.17, 15) is 9.90 Å². The number of halogens is 2. The van der Waals surface area contributed by atoms with Crippen LogP contribution in [0.4, 0.5) is 4.79 Å². The highest BCUT2D eigenvalue weighted by molar-refractivity contribution is 9.10. The van der Waals surface area contributed by atoms with Crippen LogP contribution in [0, 0.1) is 0 Å². The average molecular weight is 351 g/mol. The molecule has 2 N–H and O–H groups in total. The molecule has 0 aromatic heterocycles. The summed E-state index contributed by atoms with van der Waals surface area (Å²) in [7, 11) is 0. The fraction of sp³-hybridized carbons (Fsp3) is 0.462. The number of hydrogen-bond acceptors (Lipinski definition) is 3. The van der Waals surface area contributed by atoms with E-state index in [-0.39, 0.29) is 6.61 Å². The molecule has 0 saturated heterocycles. The smallest absolute Gasteiger partial charge is 0.408 e. The van der Waals surface area contributed by atoms with E-state index in [0.29, 0.717) is 10.6 Å². The summed E-state index contributed by atoms with van der Waals surface area (Å²) in [4.78, 5) is 11.7. The Morgan fingerprint density at radius 2 is 2.16 bits per heavy atom. The van der Waals surface area contributed by atoms with E-state index in [0.717, 1.165) is 4.47 Å². The average Bonchev–Trinajstić information content (AvgIpc) is 2.27. The van der Waals surface area contributed by atoms with Crippen molar-refractivity contribution < 1.29 is 14.6 Å². The van der Waals surface area contributed by atoms with E-state index in [1.54, 1.807) is 39.0 Å². The number of aliphatic hydroxyl groups excluding tert-OH is 1. The zero-order valence-electron chi connectivity index (χ0n) is 11.0. The number of aliphatic hydroxyl groups is 1. The Bertz CT molecular complexity index is 460.